The van der Waals surface area contributed by atoms with Gasteiger partial charge in [0.25, 0.3) is 0 Å². The lowest BCUT2D eigenvalue weighted by Crippen LogP contribution is -2.42. The molecule has 22 heavy (non-hydrogen) atoms. The first-order chi connectivity index (χ1) is 10.7. The van der Waals surface area contributed by atoms with Crippen molar-refractivity contribution in [2.45, 2.75) is 51.1 Å². The molecule has 0 N–H and O–H groups in total. The lowest BCUT2D eigenvalue weighted by molar-refractivity contribution is 0.136. The first kappa shape index (κ1) is 15.7. The zero-order chi connectivity index (χ0) is 15.7. The molecule has 1 aromatic rings. The van der Waals surface area contributed by atoms with E-state index in [1.54, 1.807) is 7.11 Å². The maximum Gasteiger partial charge on any atom is 0.410 e. The number of hydrogen-bond acceptors (Lipinski definition) is 3. The quantitative estimate of drug-likeness (QED) is 0.721. The van der Waals surface area contributed by atoms with Crippen molar-refractivity contribution in [3.8, 4) is 5.75 Å². The third-order valence-electron chi connectivity index (χ3n) is 4.67. The molecule has 1 amide bonds. The molecule has 4 nitrogen and oxygen atoms in total. The fourth-order valence-corrected chi connectivity index (χ4v) is 4.13. The summed E-state index contributed by atoms with van der Waals surface area (Å²) >= 11 is 3.67. The Labute approximate surface area is 139 Å². The highest BCUT2D eigenvalue weighted by molar-refractivity contribution is 9.10. The molecule has 1 saturated heterocycles. The van der Waals surface area contributed by atoms with Gasteiger partial charge in [0.1, 0.15) is 12.4 Å². The second kappa shape index (κ2) is 6.49. The molecule has 0 spiro atoms. The number of rotatable bonds is 5. The van der Waals surface area contributed by atoms with Crippen molar-refractivity contribution in [3.05, 3.63) is 27.7 Å². The molecule has 2 atom stereocenters. The molecular weight excluding hydrogens is 346 g/mol. The van der Waals surface area contributed by atoms with E-state index in [0.29, 0.717) is 6.61 Å². The van der Waals surface area contributed by atoms with Crippen molar-refractivity contribution >= 4 is 22.0 Å². The zero-order valence-corrected chi connectivity index (χ0v) is 14.7. The zero-order valence-electron chi connectivity index (χ0n) is 13.1. The van der Waals surface area contributed by atoms with E-state index in [4.69, 9.17) is 9.47 Å². The highest BCUT2D eigenvalue weighted by Crippen LogP contribution is 2.45. The predicted octanol–water partition coefficient (Wildman–Crippen LogP) is 4.46. The van der Waals surface area contributed by atoms with E-state index in [-0.39, 0.29) is 18.2 Å². The lowest BCUT2D eigenvalue weighted by Gasteiger charge is -2.38. The predicted molar refractivity (Wildman–Crippen MR) is 88.3 cm³/mol. The average molecular weight is 368 g/mol. The van der Waals surface area contributed by atoms with E-state index in [0.717, 1.165) is 35.0 Å². The highest BCUT2D eigenvalue weighted by atomic mass is 79.9. The number of carbonyl (C=O) groups is 1. The molecule has 2 aliphatic rings. The number of nitrogens with zero attached hydrogens (tertiary/aromatic N) is 1. The number of amides is 1. The van der Waals surface area contributed by atoms with Crippen molar-refractivity contribution in [1.29, 1.82) is 0 Å². The van der Waals surface area contributed by atoms with Gasteiger partial charge in [-0.15, -0.1) is 0 Å². The van der Waals surface area contributed by atoms with Gasteiger partial charge in [-0.2, -0.15) is 0 Å². The summed E-state index contributed by atoms with van der Waals surface area (Å²) in [6, 6.07) is 4.23. The van der Waals surface area contributed by atoms with Crippen LogP contribution in [-0.2, 0) is 11.2 Å². The van der Waals surface area contributed by atoms with Crippen LogP contribution in [-0.4, -0.2) is 30.8 Å². The second-order valence-electron chi connectivity index (χ2n) is 6.00. The molecule has 0 aromatic heterocycles. The summed E-state index contributed by atoms with van der Waals surface area (Å²) in [5.41, 5.74) is 2.42. The molecule has 0 aliphatic carbocycles. The number of halogens is 1. The summed E-state index contributed by atoms with van der Waals surface area (Å²) in [6.45, 7) is 2.69. The molecule has 3 rings (SSSR count). The van der Waals surface area contributed by atoms with Crippen molar-refractivity contribution in [1.82, 2.24) is 4.90 Å². The van der Waals surface area contributed by atoms with Gasteiger partial charge in [-0.05, 0) is 30.5 Å². The summed E-state index contributed by atoms with van der Waals surface area (Å²) < 4.78 is 12.0. The van der Waals surface area contributed by atoms with E-state index in [1.165, 1.54) is 18.4 Å². The van der Waals surface area contributed by atoms with Crippen molar-refractivity contribution in [2.75, 3.05) is 13.7 Å². The maximum atomic E-state index is 12.2. The summed E-state index contributed by atoms with van der Waals surface area (Å²) in [6.07, 6.45) is 5.05. The molecule has 0 saturated carbocycles. The minimum absolute atomic E-state index is 0.0581. The van der Waals surface area contributed by atoms with E-state index in [1.807, 2.05) is 17.0 Å². The second-order valence-corrected chi connectivity index (χ2v) is 6.85. The Morgan fingerprint density at radius 1 is 1.41 bits per heavy atom. The van der Waals surface area contributed by atoms with Crippen LogP contribution >= 0.6 is 15.9 Å². The van der Waals surface area contributed by atoms with Crippen LogP contribution in [0.25, 0.3) is 0 Å². The van der Waals surface area contributed by atoms with Gasteiger partial charge in [-0.1, -0.05) is 42.1 Å². The number of methoxy groups -OCH3 is 1. The van der Waals surface area contributed by atoms with Crippen LogP contribution in [0, 0.1) is 0 Å². The number of hydrogen-bond donors (Lipinski definition) is 0. The number of carbonyl (C=O) groups excluding carboxylic acids is 1. The Balaban J connectivity index is 2.03. The average Bonchev–Trinajstić information content (AvgIpc) is 2.89. The van der Waals surface area contributed by atoms with E-state index in [2.05, 4.69) is 22.9 Å². The number of cyclic esters (lactones) is 1. The van der Waals surface area contributed by atoms with Gasteiger partial charge in [0, 0.05) is 10.0 Å². The number of ether oxygens (including phenoxy) is 2. The largest absolute Gasteiger partial charge is 0.496 e. The van der Waals surface area contributed by atoms with Gasteiger partial charge < -0.3 is 9.47 Å². The van der Waals surface area contributed by atoms with Gasteiger partial charge in [0.15, 0.2) is 0 Å². The van der Waals surface area contributed by atoms with E-state index < -0.39 is 0 Å². The maximum absolute atomic E-state index is 12.2. The minimum Gasteiger partial charge on any atom is -0.496 e. The third-order valence-corrected chi connectivity index (χ3v) is 5.42. The Hall–Kier alpha value is -1.23. The molecule has 2 aliphatic heterocycles. The molecule has 1 fully saturated rings. The van der Waals surface area contributed by atoms with Gasteiger partial charge in [-0.25, -0.2) is 4.79 Å². The highest BCUT2D eigenvalue weighted by Gasteiger charge is 2.44. The van der Waals surface area contributed by atoms with Gasteiger partial charge >= 0.3 is 6.09 Å². The number of benzene rings is 1. The van der Waals surface area contributed by atoms with Crippen molar-refractivity contribution < 1.29 is 14.3 Å². The summed E-state index contributed by atoms with van der Waals surface area (Å²) in [5, 5.41) is 0. The van der Waals surface area contributed by atoms with Gasteiger partial charge in [0.05, 0.1) is 19.2 Å². The van der Waals surface area contributed by atoms with Crippen molar-refractivity contribution in [3.63, 3.8) is 0 Å². The van der Waals surface area contributed by atoms with Crippen LogP contribution in [0.3, 0.4) is 0 Å². The van der Waals surface area contributed by atoms with E-state index >= 15 is 0 Å². The first-order valence-electron chi connectivity index (χ1n) is 7.97. The number of unbranched alkanes of at least 4 members (excludes halogenated alkanes) is 2. The van der Waals surface area contributed by atoms with Crippen LogP contribution in [0.2, 0.25) is 0 Å². The Bertz CT molecular complexity index is 575. The van der Waals surface area contributed by atoms with Gasteiger partial charge in [0.2, 0.25) is 0 Å². The molecule has 0 unspecified atom stereocenters. The van der Waals surface area contributed by atoms with E-state index in [9.17, 15) is 4.79 Å². The molecule has 0 bridgehead atoms. The van der Waals surface area contributed by atoms with Crippen molar-refractivity contribution in [2.24, 2.45) is 0 Å². The summed E-state index contributed by atoms with van der Waals surface area (Å²) in [5.74, 6) is 0.873. The molecule has 0 radical (unpaired) electrons. The van der Waals surface area contributed by atoms with Crippen LogP contribution in [0.4, 0.5) is 4.79 Å². The molecular formula is C17H22BrNO3. The van der Waals surface area contributed by atoms with Crippen LogP contribution in [0.15, 0.2) is 16.6 Å². The SMILES string of the molecule is CCCCC[C@@H]1c2c(OC)ccc(Br)c2C[C@H]2COC(=O)N21. The van der Waals surface area contributed by atoms with Gasteiger partial charge in [-0.3, -0.25) is 4.90 Å². The van der Waals surface area contributed by atoms with Crippen LogP contribution in [0.1, 0.15) is 49.8 Å². The monoisotopic (exact) mass is 367 g/mol. The molecule has 5 heteroatoms. The lowest BCUT2D eigenvalue weighted by atomic mass is 9.86. The molecule has 2 heterocycles. The van der Waals surface area contributed by atoms with Crippen LogP contribution in [0.5, 0.6) is 5.75 Å². The molecule has 120 valence electrons. The fourth-order valence-electron chi connectivity index (χ4n) is 3.62. The standard InChI is InChI=1S/C17H22BrNO3/c1-3-4-5-6-14-16-12(13(18)7-8-15(16)21-2)9-11-10-22-17(20)19(11)14/h7-8,11,14H,3-6,9-10H2,1-2H3/t11-,14+/m0/s1. The summed E-state index contributed by atoms with van der Waals surface area (Å²) in [7, 11) is 1.70. The summed E-state index contributed by atoms with van der Waals surface area (Å²) in [4.78, 5) is 14.1. The topological polar surface area (TPSA) is 38.8 Å². The van der Waals surface area contributed by atoms with Crippen LogP contribution < -0.4 is 4.74 Å². The Morgan fingerprint density at radius 2 is 2.23 bits per heavy atom. The Kier molecular flexibility index (Phi) is 4.62. The molecule has 1 aromatic carbocycles. The fraction of sp³-hybridized carbons (Fsp3) is 0.588. The number of fused-ring (bicyclic) bond motifs is 2. The first-order valence-corrected chi connectivity index (χ1v) is 8.77. The smallest absolute Gasteiger partial charge is 0.410 e. The minimum atomic E-state index is -0.181. The third kappa shape index (κ3) is 2.60. The normalized spacial score (nSPS) is 23.0. The Morgan fingerprint density at radius 3 is 2.95 bits per heavy atom.